The van der Waals surface area contributed by atoms with Gasteiger partial charge in [-0.15, -0.1) is 0 Å². The van der Waals surface area contributed by atoms with Crippen LogP contribution in [-0.2, 0) is 4.74 Å². The smallest absolute Gasteiger partial charge is 0.0612 e. The van der Waals surface area contributed by atoms with Crippen LogP contribution in [-0.4, -0.2) is 12.7 Å². The van der Waals surface area contributed by atoms with E-state index in [0.717, 1.165) is 48.5 Å². The van der Waals surface area contributed by atoms with Crippen molar-refractivity contribution in [3.8, 4) is 0 Å². The molecule has 0 unspecified atom stereocenters. The van der Waals surface area contributed by atoms with Gasteiger partial charge in [0.05, 0.1) is 6.10 Å². The first-order valence-corrected chi connectivity index (χ1v) is 20.9. The van der Waals surface area contributed by atoms with E-state index in [-0.39, 0.29) is 0 Å². The van der Waals surface area contributed by atoms with Gasteiger partial charge in [0.25, 0.3) is 0 Å². The molecule has 4 aliphatic rings. The van der Waals surface area contributed by atoms with E-state index in [0.29, 0.717) is 16.9 Å². The summed E-state index contributed by atoms with van der Waals surface area (Å²) in [4.78, 5) is 0. The molecule has 0 aromatic rings. The molecule has 3 fully saturated rings. The molecule has 0 spiro atoms. The molecule has 0 aromatic carbocycles. The average molecular weight is 635 g/mol. The molecule has 0 amide bonds. The lowest BCUT2D eigenvalue weighted by Crippen LogP contribution is -2.51. The Balaban J connectivity index is 1.10. The Morgan fingerprint density at radius 3 is 2.22 bits per heavy atom. The molecule has 1 heteroatoms. The Morgan fingerprint density at radius 1 is 0.761 bits per heavy atom. The zero-order valence-electron chi connectivity index (χ0n) is 31.8. The number of hydrogen-bond acceptors (Lipinski definition) is 1. The summed E-state index contributed by atoms with van der Waals surface area (Å²) in [7, 11) is 0. The van der Waals surface area contributed by atoms with Crippen molar-refractivity contribution in [2.75, 3.05) is 6.61 Å². The highest BCUT2D eigenvalue weighted by molar-refractivity contribution is 5.25. The molecule has 0 aromatic heterocycles. The number of hydrogen-bond donors (Lipinski definition) is 0. The summed E-state index contributed by atoms with van der Waals surface area (Å²) < 4.78 is 6.55. The third kappa shape index (κ3) is 10.3. The van der Waals surface area contributed by atoms with E-state index in [1.807, 2.05) is 0 Å². The highest BCUT2D eigenvalue weighted by Crippen LogP contribution is 2.67. The molecule has 0 heterocycles. The van der Waals surface area contributed by atoms with Crippen molar-refractivity contribution in [2.45, 2.75) is 195 Å². The Kier molecular flexibility index (Phi) is 16.0. The average Bonchev–Trinajstić information content (AvgIpc) is 3.39. The Bertz CT molecular complexity index is 941. The summed E-state index contributed by atoms with van der Waals surface area (Å²) in [5.41, 5.74) is 2.84. The summed E-state index contributed by atoms with van der Waals surface area (Å²) in [6, 6.07) is 0. The standard InChI is InChI=1S/C45H78O/c1-7-8-9-10-11-12-13-14-15-16-17-18-19-20-21-22-34-46-39-30-32-44(5)38(35-39)26-27-40-42-29-28-41(37(4)25-23-24-36(2)3)45(42,6)33-31-43(40)44/h11-12,14-15,26,36-37,39-43H,7-10,13,16-25,27-35H2,1-6H3/b12-11-,15-14-/t37-,39+,40+,41-,42+,43+,44+,45-/m1/s1. The fourth-order valence-electron chi connectivity index (χ4n) is 11.1. The lowest BCUT2D eigenvalue weighted by atomic mass is 9.47. The van der Waals surface area contributed by atoms with Crippen LogP contribution in [0.2, 0.25) is 0 Å². The second kappa shape index (κ2) is 19.4. The predicted octanol–water partition coefficient (Wildman–Crippen LogP) is 14.2. The largest absolute Gasteiger partial charge is 0.378 e. The van der Waals surface area contributed by atoms with Crippen LogP contribution in [0.5, 0.6) is 0 Å². The van der Waals surface area contributed by atoms with E-state index in [9.17, 15) is 0 Å². The van der Waals surface area contributed by atoms with Gasteiger partial charge in [0, 0.05) is 6.61 Å². The topological polar surface area (TPSA) is 9.23 Å². The van der Waals surface area contributed by atoms with Crippen LogP contribution in [0.15, 0.2) is 36.0 Å². The summed E-state index contributed by atoms with van der Waals surface area (Å²) in [6.07, 6.45) is 44.0. The predicted molar refractivity (Wildman–Crippen MR) is 202 cm³/mol. The van der Waals surface area contributed by atoms with Crippen LogP contribution in [0.25, 0.3) is 0 Å². The lowest BCUT2D eigenvalue weighted by Gasteiger charge is -2.58. The molecule has 4 aliphatic carbocycles. The fourth-order valence-corrected chi connectivity index (χ4v) is 11.1. The van der Waals surface area contributed by atoms with Crippen molar-refractivity contribution in [3.63, 3.8) is 0 Å². The van der Waals surface area contributed by atoms with Crippen molar-refractivity contribution in [1.29, 1.82) is 0 Å². The van der Waals surface area contributed by atoms with E-state index < -0.39 is 0 Å². The third-order valence-corrected chi connectivity index (χ3v) is 14.0. The molecule has 4 rings (SSSR count). The number of allylic oxidation sites excluding steroid dienone is 5. The highest BCUT2D eigenvalue weighted by atomic mass is 16.5. The molecule has 264 valence electrons. The minimum Gasteiger partial charge on any atom is -0.378 e. The molecule has 0 radical (unpaired) electrons. The number of unbranched alkanes of at least 4 members (excludes halogenated alkanes) is 9. The van der Waals surface area contributed by atoms with Gasteiger partial charge in [0.15, 0.2) is 0 Å². The van der Waals surface area contributed by atoms with Gasteiger partial charge in [-0.3, -0.25) is 0 Å². The molecule has 46 heavy (non-hydrogen) atoms. The fraction of sp³-hybridized carbons (Fsp3) is 0.867. The van der Waals surface area contributed by atoms with Crippen LogP contribution in [0.1, 0.15) is 189 Å². The van der Waals surface area contributed by atoms with Crippen LogP contribution in [0, 0.1) is 46.3 Å². The normalized spacial score (nSPS) is 33.4. The Labute approximate surface area is 288 Å². The molecule has 0 aliphatic heterocycles. The number of ether oxygens (including phenoxy) is 1. The van der Waals surface area contributed by atoms with Crippen LogP contribution in [0.4, 0.5) is 0 Å². The van der Waals surface area contributed by atoms with Crippen molar-refractivity contribution in [3.05, 3.63) is 36.0 Å². The van der Waals surface area contributed by atoms with Gasteiger partial charge in [-0.2, -0.15) is 0 Å². The molecule has 0 bridgehead atoms. The zero-order chi connectivity index (χ0) is 32.8. The zero-order valence-corrected chi connectivity index (χ0v) is 31.8. The van der Waals surface area contributed by atoms with E-state index in [1.54, 1.807) is 5.57 Å². The van der Waals surface area contributed by atoms with Crippen LogP contribution >= 0.6 is 0 Å². The van der Waals surface area contributed by atoms with Gasteiger partial charge in [0.2, 0.25) is 0 Å². The quantitative estimate of drug-likeness (QED) is 0.0901. The summed E-state index contributed by atoms with van der Waals surface area (Å²) in [5, 5.41) is 0. The Hall–Kier alpha value is -0.820. The van der Waals surface area contributed by atoms with Crippen molar-refractivity contribution in [2.24, 2.45) is 46.3 Å². The molecule has 1 nitrogen and oxygen atoms in total. The van der Waals surface area contributed by atoms with E-state index in [4.69, 9.17) is 4.74 Å². The summed E-state index contributed by atoms with van der Waals surface area (Å²) in [5.74, 6) is 5.57. The molecular formula is C45H78O. The molecule has 3 saturated carbocycles. The van der Waals surface area contributed by atoms with Gasteiger partial charge >= 0.3 is 0 Å². The van der Waals surface area contributed by atoms with E-state index in [2.05, 4.69) is 71.9 Å². The first kappa shape index (κ1) is 38.0. The molecule has 8 atom stereocenters. The maximum Gasteiger partial charge on any atom is 0.0612 e. The summed E-state index contributed by atoms with van der Waals surface area (Å²) in [6.45, 7) is 16.1. The SMILES string of the molecule is CCCCC/C=C\C/C=C\CCCCCCCCO[C@H]1CC[C@@]2(C)C(=CC[C@H]3[C@@H]4CC[C@H]([C@H](C)CCCC(C)C)[C@@]4(C)CC[C@@H]32)C1. The number of fused-ring (bicyclic) bond motifs is 5. The first-order valence-electron chi connectivity index (χ1n) is 20.9. The van der Waals surface area contributed by atoms with Crippen molar-refractivity contribution >= 4 is 0 Å². The van der Waals surface area contributed by atoms with E-state index >= 15 is 0 Å². The molecule has 0 saturated heterocycles. The van der Waals surface area contributed by atoms with Gasteiger partial charge in [-0.05, 0) is 136 Å². The molecular weight excluding hydrogens is 556 g/mol. The van der Waals surface area contributed by atoms with E-state index in [1.165, 1.54) is 141 Å². The van der Waals surface area contributed by atoms with Crippen molar-refractivity contribution in [1.82, 2.24) is 0 Å². The number of rotatable bonds is 21. The van der Waals surface area contributed by atoms with Gasteiger partial charge in [-0.1, -0.05) is 135 Å². The minimum atomic E-state index is 0.450. The highest BCUT2D eigenvalue weighted by Gasteiger charge is 2.59. The van der Waals surface area contributed by atoms with Crippen LogP contribution < -0.4 is 0 Å². The van der Waals surface area contributed by atoms with Crippen LogP contribution in [0.3, 0.4) is 0 Å². The summed E-state index contributed by atoms with van der Waals surface area (Å²) >= 11 is 0. The lowest BCUT2D eigenvalue weighted by molar-refractivity contribution is -0.0641. The van der Waals surface area contributed by atoms with Crippen molar-refractivity contribution < 1.29 is 4.74 Å². The second-order valence-corrected chi connectivity index (χ2v) is 17.6. The Morgan fingerprint density at radius 2 is 1.48 bits per heavy atom. The van der Waals surface area contributed by atoms with Gasteiger partial charge in [0.1, 0.15) is 0 Å². The minimum absolute atomic E-state index is 0.450. The second-order valence-electron chi connectivity index (χ2n) is 17.6. The monoisotopic (exact) mass is 635 g/mol. The maximum absolute atomic E-state index is 6.55. The molecule has 0 N–H and O–H groups in total. The maximum atomic E-state index is 6.55. The van der Waals surface area contributed by atoms with Gasteiger partial charge in [-0.25, -0.2) is 0 Å². The van der Waals surface area contributed by atoms with Gasteiger partial charge < -0.3 is 4.74 Å². The third-order valence-electron chi connectivity index (χ3n) is 14.0. The first-order chi connectivity index (χ1) is 22.3.